The first-order valence-corrected chi connectivity index (χ1v) is 7.64. The van der Waals surface area contributed by atoms with Crippen molar-refractivity contribution in [3.8, 4) is 0 Å². The summed E-state index contributed by atoms with van der Waals surface area (Å²) in [6, 6.07) is 0. The molecule has 2 aliphatic rings. The van der Waals surface area contributed by atoms with E-state index in [2.05, 4.69) is 6.92 Å². The van der Waals surface area contributed by atoms with E-state index in [1.165, 1.54) is 0 Å². The Morgan fingerprint density at radius 3 is 2.65 bits per heavy atom. The minimum absolute atomic E-state index is 0.0312. The number of ether oxygens (including phenoxy) is 1. The van der Waals surface area contributed by atoms with Gasteiger partial charge in [0, 0.05) is 6.42 Å². The highest BCUT2D eigenvalue weighted by molar-refractivity contribution is 6.18. The Bertz CT molecular complexity index is 451. The average molecular weight is 280 g/mol. The smallest absolute Gasteiger partial charge is 0.345 e. The number of rotatable bonds is 4. The zero-order valence-corrected chi connectivity index (χ0v) is 12.6. The van der Waals surface area contributed by atoms with Crippen molar-refractivity contribution in [1.82, 2.24) is 0 Å². The third-order valence-electron chi connectivity index (χ3n) is 4.64. The zero-order valence-electron chi connectivity index (χ0n) is 12.6. The lowest BCUT2D eigenvalue weighted by molar-refractivity contribution is -0.166. The summed E-state index contributed by atoms with van der Waals surface area (Å²) in [5.41, 5.74) is -0.699. The van der Waals surface area contributed by atoms with Gasteiger partial charge in [0.1, 0.15) is 16.9 Å². The Hall–Kier alpha value is -1.32. The van der Waals surface area contributed by atoms with Crippen molar-refractivity contribution in [2.75, 3.05) is 0 Å². The number of carbonyl (C=O) groups excluding carboxylic acids is 2. The molecule has 1 aliphatic heterocycles. The Morgan fingerprint density at radius 1 is 1.45 bits per heavy atom. The van der Waals surface area contributed by atoms with Crippen molar-refractivity contribution in [2.45, 2.75) is 64.9 Å². The highest BCUT2D eigenvalue weighted by Crippen LogP contribution is 2.49. The van der Waals surface area contributed by atoms with Crippen LogP contribution in [0.3, 0.4) is 0 Å². The molecule has 0 amide bonds. The minimum Gasteiger partial charge on any atom is -0.511 e. The van der Waals surface area contributed by atoms with Crippen LogP contribution in [-0.4, -0.2) is 22.5 Å². The molecule has 4 nitrogen and oxygen atoms in total. The third kappa shape index (κ3) is 2.36. The van der Waals surface area contributed by atoms with Gasteiger partial charge in [0.25, 0.3) is 0 Å². The SMILES string of the molecule is CCCC(=O)C1=C(O)C(CC)C2(CCC(C)C2)OC1=O. The van der Waals surface area contributed by atoms with Gasteiger partial charge in [-0.05, 0) is 38.0 Å². The van der Waals surface area contributed by atoms with Crippen molar-refractivity contribution < 1.29 is 19.4 Å². The maximum atomic E-state index is 12.2. The summed E-state index contributed by atoms with van der Waals surface area (Å²) in [5, 5.41) is 10.5. The lowest BCUT2D eigenvalue weighted by Gasteiger charge is -2.40. The number of aliphatic hydroxyl groups excluding tert-OH is 1. The van der Waals surface area contributed by atoms with E-state index < -0.39 is 11.6 Å². The van der Waals surface area contributed by atoms with Crippen molar-refractivity contribution >= 4 is 11.8 Å². The molecule has 0 aromatic carbocycles. The van der Waals surface area contributed by atoms with Crippen LogP contribution in [0.25, 0.3) is 0 Å². The molecule has 0 bridgehead atoms. The highest BCUT2D eigenvalue weighted by atomic mass is 16.6. The van der Waals surface area contributed by atoms with E-state index in [0.29, 0.717) is 18.8 Å². The molecule has 0 saturated heterocycles. The standard InChI is InChI=1S/C16H24O4/c1-4-6-12(17)13-14(18)11(5-2)16(20-15(13)19)8-7-10(3)9-16/h10-11,18H,4-9H2,1-3H3. The lowest BCUT2D eigenvalue weighted by Crippen LogP contribution is -2.47. The van der Waals surface area contributed by atoms with Crippen LogP contribution < -0.4 is 0 Å². The molecule has 0 radical (unpaired) electrons. The van der Waals surface area contributed by atoms with Crippen LogP contribution in [-0.2, 0) is 14.3 Å². The first-order chi connectivity index (χ1) is 9.45. The topological polar surface area (TPSA) is 63.6 Å². The fraction of sp³-hybridized carbons (Fsp3) is 0.750. The molecular formula is C16H24O4. The van der Waals surface area contributed by atoms with Gasteiger partial charge in [0.05, 0.1) is 5.92 Å². The largest absolute Gasteiger partial charge is 0.511 e. The van der Waals surface area contributed by atoms with Crippen molar-refractivity contribution in [1.29, 1.82) is 0 Å². The predicted molar refractivity (Wildman–Crippen MR) is 75.2 cm³/mol. The Morgan fingerprint density at radius 2 is 2.15 bits per heavy atom. The summed E-state index contributed by atoms with van der Waals surface area (Å²) in [5.74, 6) is -0.705. The van der Waals surface area contributed by atoms with E-state index in [1.54, 1.807) is 0 Å². The van der Waals surface area contributed by atoms with E-state index in [0.717, 1.165) is 19.3 Å². The molecule has 20 heavy (non-hydrogen) atoms. The van der Waals surface area contributed by atoms with Crippen LogP contribution in [0.2, 0.25) is 0 Å². The molecule has 1 spiro atoms. The van der Waals surface area contributed by atoms with Crippen LogP contribution in [0.1, 0.15) is 59.3 Å². The second-order valence-electron chi connectivity index (χ2n) is 6.20. The van der Waals surface area contributed by atoms with Crippen molar-refractivity contribution in [3.05, 3.63) is 11.3 Å². The van der Waals surface area contributed by atoms with E-state index >= 15 is 0 Å². The van der Waals surface area contributed by atoms with Crippen LogP contribution in [0.15, 0.2) is 11.3 Å². The van der Waals surface area contributed by atoms with Crippen LogP contribution in [0.4, 0.5) is 0 Å². The van der Waals surface area contributed by atoms with Gasteiger partial charge in [-0.3, -0.25) is 4.79 Å². The second kappa shape index (κ2) is 5.58. The van der Waals surface area contributed by atoms with E-state index in [4.69, 9.17) is 4.74 Å². The second-order valence-corrected chi connectivity index (χ2v) is 6.20. The number of carbonyl (C=O) groups is 2. The van der Waals surface area contributed by atoms with Crippen LogP contribution >= 0.6 is 0 Å². The molecule has 2 rings (SSSR count). The van der Waals surface area contributed by atoms with Gasteiger partial charge in [-0.15, -0.1) is 0 Å². The average Bonchev–Trinajstić information content (AvgIpc) is 2.71. The number of hydrogen-bond acceptors (Lipinski definition) is 4. The van der Waals surface area contributed by atoms with Crippen LogP contribution in [0, 0.1) is 11.8 Å². The van der Waals surface area contributed by atoms with Crippen LogP contribution in [0.5, 0.6) is 0 Å². The molecule has 4 heteroatoms. The van der Waals surface area contributed by atoms with Gasteiger partial charge in [-0.25, -0.2) is 4.79 Å². The fourth-order valence-corrected chi connectivity index (χ4v) is 3.70. The third-order valence-corrected chi connectivity index (χ3v) is 4.64. The fourth-order valence-electron chi connectivity index (χ4n) is 3.70. The summed E-state index contributed by atoms with van der Waals surface area (Å²) >= 11 is 0. The van der Waals surface area contributed by atoms with Gasteiger partial charge >= 0.3 is 5.97 Å². The molecule has 1 heterocycles. The molecular weight excluding hydrogens is 256 g/mol. The first-order valence-electron chi connectivity index (χ1n) is 7.64. The number of ketones is 1. The maximum Gasteiger partial charge on any atom is 0.345 e. The molecule has 0 aromatic rings. The highest BCUT2D eigenvalue weighted by Gasteiger charge is 2.53. The molecule has 1 N–H and O–H groups in total. The van der Waals surface area contributed by atoms with Gasteiger partial charge in [-0.2, -0.15) is 0 Å². The van der Waals surface area contributed by atoms with Crippen molar-refractivity contribution in [3.63, 3.8) is 0 Å². The summed E-state index contributed by atoms with van der Waals surface area (Å²) in [6.07, 6.45) is 4.15. The number of hydrogen-bond donors (Lipinski definition) is 1. The molecule has 3 unspecified atom stereocenters. The zero-order chi connectivity index (χ0) is 14.9. The number of aliphatic hydroxyl groups is 1. The number of esters is 1. The predicted octanol–water partition coefficient (Wildman–Crippen LogP) is 3.31. The van der Waals surface area contributed by atoms with Crippen molar-refractivity contribution in [2.24, 2.45) is 11.8 Å². The molecule has 3 atom stereocenters. The van der Waals surface area contributed by atoms with Gasteiger partial charge in [-0.1, -0.05) is 20.8 Å². The summed E-state index contributed by atoms with van der Waals surface area (Å²) in [4.78, 5) is 24.2. The minimum atomic E-state index is -0.625. The monoisotopic (exact) mass is 280 g/mol. The maximum absolute atomic E-state index is 12.2. The first kappa shape index (κ1) is 15.1. The normalized spacial score (nSPS) is 33.6. The van der Waals surface area contributed by atoms with E-state index in [1.807, 2.05) is 13.8 Å². The van der Waals surface area contributed by atoms with E-state index in [9.17, 15) is 14.7 Å². The molecule has 1 aliphatic carbocycles. The quantitative estimate of drug-likeness (QED) is 0.634. The van der Waals surface area contributed by atoms with Gasteiger partial charge in [0.2, 0.25) is 0 Å². The molecule has 112 valence electrons. The molecule has 1 fully saturated rings. The summed E-state index contributed by atoms with van der Waals surface area (Å²) in [6.45, 7) is 5.97. The Kier molecular flexibility index (Phi) is 4.21. The lowest BCUT2D eigenvalue weighted by atomic mass is 9.77. The Balaban J connectivity index is 2.39. The van der Waals surface area contributed by atoms with Gasteiger partial charge in [0.15, 0.2) is 5.78 Å². The summed E-state index contributed by atoms with van der Waals surface area (Å²) in [7, 11) is 0. The van der Waals surface area contributed by atoms with Gasteiger partial charge < -0.3 is 9.84 Å². The Labute approximate surface area is 120 Å². The molecule has 1 saturated carbocycles. The molecule has 0 aromatic heterocycles. The van der Waals surface area contributed by atoms with E-state index in [-0.39, 0.29) is 29.5 Å². The summed E-state index contributed by atoms with van der Waals surface area (Å²) < 4.78 is 5.68. The number of Topliss-reactive ketones (excluding diaryl/α,β-unsaturated/α-hetero) is 1.